The second-order valence-corrected chi connectivity index (χ2v) is 9.90. The molecule has 3 atom stereocenters. The van der Waals surface area contributed by atoms with Crippen LogP contribution in [0.4, 0.5) is 0 Å². The molecule has 3 unspecified atom stereocenters. The van der Waals surface area contributed by atoms with Gasteiger partial charge >= 0.3 is 0 Å². The average molecular weight is 508 g/mol. The summed E-state index contributed by atoms with van der Waals surface area (Å²) in [7, 11) is 0. The number of aliphatic hydroxyl groups is 3. The molecule has 0 aliphatic rings. The number of aliphatic hydroxyl groups excluding tert-OH is 3. The van der Waals surface area contributed by atoms with Crippen molar-refractivity contribution >= 4 is 5.91 Å². The molecular weight excluding hydrogens is 450 g/mol. The Kier molecular flexibility index (Phi) is 25.6. The van der Waals surface area contributed by atoms with Crippen molar-refractivity contribution < 1.29 is 20.1 Å². The molecule has 0 aromatic carbocycles. The van der Waals surface area contributed by atoms with Gasteiger partial charge in [-0.25, -0.2) is 0 Å². The van der Waals surface area contributed by atoms with Gasteiger partial charge in [-0.15, -0.1) is 0 Å². The van der Waals surface area contributed by atoms with Gasteiger partial charge < -0.3 is 20.6 Å². The smallest absolute Gasteiger partial charge is 0.220 e. The molecular formula is C31H57NO4. The lowest BCUT2D eigenvalue weighted by atomic mass is 10.0. The first-order valence-electron chi connectivity index (χ1n) is 14.8. The maximum atomic E-state index is 12.2. The molecule has 0 aliphatic heterocycles. The van der Waals surface area contributed by atoms with Gasteiger partial charge in [-0.3, -0.25) is 4.79 Å². The first-order valence-corrected chi connectivity index (χ1v) is 14.8. The van der Waals surface area contributed by atoms with E-state index >= 15 is 0 Å². The lowest BCUT2D eigenvalue weighted by Gasteiger charge is -2.26. The number of nitrogens with one attached hydrogen (secondary N) is 1. The van der Waals surface area contributed by atoms with Gasteiger partial charge in [-0.1, -0.05) is 88.8 Å². The normalized spacial score (nSPS) is 14.7. The Morgan fingerprint density at radius 3 is 1.83 bits per heavy atom. The van der Waals surface area contributed by atoms with Crippen LogP contribution < -0.4 is 5.32 Å². The number of hydrogen-bond acceptors (Lipinski definition) is 4. The molecule has 0 aliphatic carbocycles. The predicted molar refractivity (Wildman–Crippen MR) is 153 cm³/mol. The largest absolute Gasteiger partial charge is 0.394 e. The highest BCUT2D eigenvalue weighted by Crippen LogP contribution is 2.11. The Balaban J connectivity index is 3.87. The number of unbranched alkanes of at least 4 members (excludes halogenated alkanes) is 11. The Hall–Kier alpha value is -1.43. The highest BCUT2D eigenvalue weighted by Gasteiger charge is 2.26. The maximum absolute atomic E-state index is 12.2. The van der Waals surface area contributed by atoms with Gasteiger partial charge in [0.05, 0.1) is 18.8 Å². The zero-order valence-electron chi connectivity index (χ0n) is 23.4. The van der Waals surface area contributed by atoms with E-state index in [0.717, 1.165) is 57.8 Å². The maximum Gasteiger partial charge on any atom is 0.220 e. The molecule has 0 aromatic rings. The summed E-state index contributed by atoms with van der Waals surface area (Å²) < 4.78 is 0. The molecule has 0 fully saturated rings. The Labute approximate surface area is 222 Å². The molecule has 36 heavy (non-hydrogen) atoms. The van der Waals surface area contributed by atoms with Crippen molar-refractivity contribution in [3.05, 3.63) is 36.5 Å². The first-order chi connectivity index (χ1) is 17.6. The van der Waals surface area contributed by atoms with E-state index in [0.29, 0.717) is 12.8 Å². The molecule has 0 spiro atoms. The molecule has 0 heterocycles. The second-order valence-electron chi connectivity index (χ2n) is 9.90. The quantitative estimate of drug-likeness (QED) is 0.0798. The van der Waals surface area contributed by atoms with Crippen molar-refractivity contribution in [2.75, 3.05) is 6.61 Å². The van der Waals surface area contributed by atoms with Gasteiger partial charge in [0.2, 0.25) is 5.91 Å². The highest BCUT2D eigenvalue weighted by molar-refractivity contribution is 5.76. The second kappa shape index (κ2) is 26.6. The van der Waals surface area contributed by atoms with Crippen molar-refractivity contribution in [2.24, 2.45) is 0 Å². The molecule has 1 amide bonds. The summed E-state index contributed by atoms with van der Waals surface area (Å²) in [4.78, 5) is 12.2. The van der Waals surface area contributed by atoms with Crippen LogP contribution in [0.5, 0.6) is 0 Å². The molecule has 0 saturated heterocycles. The minimum atomic E-state index is -1.17. The minimum Gasteiger partial charge on any atom is -0.394 e. The van der Waals surface area contributed by atoms with E-state index in [9.17, 15) is 20.1 Å². The zero-order chi connectivity index (χ0) is 26.7. The number of rotatable bonds is 25. The molecule has 0 saturated carbocycles. The molecule has 0 aromatic heterocycles. The van der Waals surface area contributed by atoms with Crippen LogP contribution in [0.1, 0.15) is 129 Å². The summed E-state index contributed by atoms with van der Waals surface area (Å²) in [6.07, 6.45) is 29.5. The third kappa shape index (κ3) is 21.8. The Morgan fingerprint density at radius 1 is 0.694 bits per heavy atom. The predicted octanol–water partition coefficient (Wildman–Crippen LogP) is 6.92. The fraction of sp³-hybridized carbons (Fsp3) is 0.774. The minimum absolute atomic E-state index is 0.182. The summed E-state index contributed by atoms with van der Waals surface area (Å²) >= 11 is 0. The Bertz CT molecular complexity index is 573. The van der Waals surface area contributed by atoms with Gasteiger partial charge in [0.15, 0.2) is 0 Å². The van der Waals surface area contributed by atoms with Crippen molar-refractivity contribution in [1.82, 2.24) is 5.32 Å². The summed E-state index contributed by atoms with van der Waals surface area (Å²) in [5.74, 6) is -0.182. The lowest BCUT2D eigenvalue weighted by molar-refractivity contribution is -0.124. The van der Waals surface area contributed by atoms with E-state index in [2.05, 4.69) is 55.6 Å². The molecule has 0 bridgehead atoms. The topological polar surface area (TPSA) is 89.8 Å². The fourth-order valence-corrected chi connectivity index (χ4v) is 4.12. The first kappa shape index (κ1) is 34.6. The van der Waals surface area contributed by atoms with Crippen LogP contribution in [0, 0.1) is 0 Å². The van der Waals surface area contributed by atoms with Crippen molar-refractivity contribution in [1.29, 1.82) is 0 Å². The van der Waals surface area contributed by atoms with Gasteiger partial charge in [0.25, 0.3) is 0 Å². The monoisotopic (exact) mass is 507 g/mol. The third-order valence-corrected chi connectivity index (χ3v) is 6.45. The van der Waals surface area contributed by atoms with Gasteiger partial charge in [-0.2, -0.15) is 0 Å². The van der Waals surface area contributed by atoms with Crippen molar-refractivity contribution in [3.63, 3.8) is 0 Å². The van der Waals surface area contributed by atoms with Crippen LogP contribution in [0.15, 0.2) is 36.5 Å². The molecule has 0 rings (SSSR count). The third-order valence-electron chi connectivity index (χ3n) is 6.45. The van der Waals surface area contributed by atoms with Gasteiger partial charge in [-0.05, 0) is 70.6 Å². The van der Waals surface area contributed by atoms with E-state index in [1.165, 1.54) is 44.9 Å². The summed E-state index contributed by atoms with van der Waals surface area (Å²) in [5, 5.41) is 32.9. The molecule has 4 N–H and O–H groups in total. The number of carbonyl (C=O) groups excluding carboxylic acids is 1. The van der Waals surface area contributed by atoms with Gasteiger partial charge in [0.1, 0.15) is 6.10 Å². The number of allylic oxidation sites excluding steroid dienone is 6. The van der Waals surface area contributed by atoms with Crippen LogP contribution >= 0.6 is 0 Å². The van der Waals surface area contributed by atoms with E-state index in [1.807, 2.05) is 0 Å². The summed E-state index contributed by atoms with van der Waals surface area (Å²) in [5.41, 5.74) is 0. The van der Waals surface area contributed by atoms with E-state index in [-0.39, 0.29) is 5.91 Å². The number of hydrogen-bond donors (Lipinski definition) is 4. The molecule has 0 radical (unpaired) electrons. The number of carbonyl (C=O) groups is 1. The van der Waals surface area contributed by atoms with Crippen LogP contribution in [-0.2, 0) is 4.79 Å². The number of amides is 1. The van der Waals surface area contributed by atoms with Gasteiger partial charge in [0, 0.05) is 6.42 Å². The summed E-state index contributed by atoms with van der Waals surface area (Å²) in [6, 6.07) is -0.835. The van der Waals surface area contributed by atoms with Crippen LogP contribution in [0.3, 0.4) is 0 Å². The average Bonchev–Trinajstić information content (AvgIpc) is 2.88. The van der Waals surface area contributed by atoms with E-state index < -0.39 is 24.9 Å². The highest BCUT2D eigenvalue weighted by atomic mass is 16.3. The SMILES string of the molecule is CC/C=C/CC/C=C/CCCC(O)C(O)C(CO)NC(=O)CCCCC/C=C\CCCCCCCC. The molecule has 5 nitrogen and oxygen atoms in total. The lowest BCUT2D eigenvalue weighted by Crippen LogP contribution is -2.50. The molecule has 5 heteroatoms. The van der Waals surface area contributed by atoms with Crippen molar-refractivity contribution in [2.45, 2.75) is 148 Å². The molecule has 210 valence electrons. The standard InChI is InChI=1S/C31H57NO4/c1-3-5-7-9-11-13-14-15-16-18-20-22-24-26-30(35)32-28(27-33)31(36)29(34)25-23-21-19-17-12-10-8-6-4-2/h6,8,15-17,19,28-29,31,33-34,36H,3-5,7,9-14,18,20-27H2,1-2H3,(H,32,35)/b8-6+,16-15-,19-17+. The van der Waals surface area contributed by atoms with E-state index in [4.69, 9.17) is 0 Å². The zero-order valence-corrected chi connectivity index (χ0v) is 23.4. The van der Waals surface area contributed by atoms with E-state index in [1.54, 1.807) is 0 Å². The van der Waals surface area contributed by atoms with Crippen LogP contribution in [0.2, 0.25) is 0 Å². The fourth-order valence-electron chi connectivity index (χ4n) is 4.12. The Morgan fingerprint density at radius 2 is 1.22 bits per heavy atom. The summed E-state index contributed by atoms with van der Waals surface area (Å²) in [6.45, 7) is 3.98. The van der Waals surface area contributed by atoms with Crippen LogP contribution in [0.25, 0.3) is 0 Å². The van der Waals surface area contributed by atoms with Crippen molar-refractivity contribution in [3.8, 4) is 0 Å². The van der Waals surface area contributed by atoms with Crippen LogP contribution in [-0.4, -0.2) is 46.1 Å².